The lowest BCUT2D eigenvalue weighted by Gasteiger charge is -2.17. The van der Waals surface area contributed by atoms with E-state index in [1.54, 1.807) is 12.3 Å². The summed E-state index contributed by atoms with van der Waals surface area (Å²) in [5.74, 6) is -5.08. The van der Waals surface area contributed by atoms with E-state index in [-0.39, 0.29) is 5.69 Å². The Labute approximate surface area is 149 Å². The number of nitrogens with one attached hydrogen (secondary N) is 2. The Morgan fingerprint density at radius 1 is 0.962 bits per heavy atom. The molecule has 1 fully saturated rings. The summed E-state index contributed by atoms with van der Waals surface area (Å²) in [6, 6.07) is 5.35. The first-order chi connectivity index (χ1) is 12.5. The highest BCUT2D eigenvalue weighted by molar-refractivity contribution is 6.03. The molecule has 1 amide bonds. The van der Waals surface area contributed by atoms with Gasteiger partial charge in [0.2, 0.25) is 0 Å². The van der Waals surface area contributed by atoms with Crippen LogP contribution in [-0.4, -0.2) is 16.9 Å². The summed E-state index contributed by atoms with van der Waals surface area (Å²) in [5, 5.41) is 5.61. The Balaban J connectivity index is 1.64. The molecular formula is C19H20F3N3O. The maximum atomic E-state index is 13.6. The second-order valence-corrected chi connectivity index (χ2v) is 6.44. The highest BCUT2D eigenvalue weighted by Gasteiger charge is 2.17. The SMILES string of the molecule is O=C(Nc1ccc(F)c(F)c1F)c1ccc(NC2CCCCCC2)cn1. The monoisotopic (exact) mass is 363 g/mol. The Bertz CT molecular complexity index is 772. The third kappa shape index (κ3) is 4.33. The zero-order valence-corrected chi connectivity index (χ0v) is 14.2. The molecule has 2 N–H and O–H groups in total. The van der Waals surface area contributed by atoms with Crippen LogP contribution in [0.3, 0.4) is 0 Å². The molecule has 0 spiro atoms. The van der Waals surface area contributed by atoms with Crippen LogP contribution in [0.5, 0.6) is 0 Å². The number of hydrogen-bond donors (Lipinski definition) is 2. The molecule has 4 nitrogen and oxygen atoms in total. The van der Waals surface area contributed by atoms with Gasteiger partial charge in [-0.1, -0.05) is 25.7 Å². The smallest absolute Gasteiger partial charge is 0.274 e. The molecule has 1 aliphatic rings. The van der Waals surface area contributed by atoms with Gasteiger partial charge in [0.1, 0.15) is 5.69 Å². The van der Waals surface area contributed by atoms with Gasteiger partial charge in [0.05, 0.1) is 17.6 Å². The zero-order chi connectivity index (χ0) is 18.5. The molecule has 1 aliphatic carbocycles. The maximum absolute atomic E-state index is 13.6. The standard InChI is InChI=1S/C19H20F3N3O/c20-14-8-10-15(18(22)17(14)21)25-19(26)16-9-7-13(11-23-16)24-12-5-3-1-2-4-6-12/h7-12,24H,1-6H2,(H,25,26). The topological polar surface area (TPSA) is 54.0 Å². The van der Waals surface area contributed by atoms with Gasteiger partial charge in [0.25, 0.3) is 5.91 Å². The van der Waals surface area contributed by atoms with E-state index >= 15 is 0 Å². The van der Waals surface area contributed by atoms with Crippen molar-refractivity contribution in [1.29, 1.82) is 0 Å². The fourth-order valence-corrected chi connectivity index (χ4v) is 3.08. The first-order valence-electron chi connectivity index (χ1n) is 8.72. The van der Waals surface area contributed by atoms with Gasteiger partial charge < -0.3 is 10.6 Å². The van der Waals surface area contributed by atoms with Crippen molar-refractivity contribution in [3.8, 4) is 0 Å². The number of hydrogen-bond acceptors (Lipinski definition) is 3. The first kappa shape index (κ1) is 18.2. The van der Waals surface area contributed by atoms with Crippen molar-refractivity contribution in [2.24, 2.45) is 0 Å². The van der Waals surface area contributed by atoms with Crippen molar-refractivity contribution in [2.75, 3.05) is 10.6 Å². The second kappa shape index (κ2) is 8.21. The number of halogens is 3. The lowest BCUT2D eigenvalue weighted by Crippen LogP contribution is -2.19. The fourth-order valence-electron chi connectivity index (χ4n) is 3.08. The molecule has 1 aromatic carbocycles. The number of rotatable bonds is 4. The number of amides is 1. The molecule has 0 unspecified atom stereocenters. The predicted molar refractivity (Wildman–Crippen MR) is 93.6 cm³/mol. The van der Waals surface area contributed by atoms with Crippen LogP contribution in [0.1, 0.15) is 49.0 Å². The quantitative estimate of drug-likeness (QED) is 0.601. The summed E-state index contributed by atoms with van der Waals surface area (Å²) < 4.78 is 39.8. The van der Waals surface area contributed by atoms with E-state index in [1.165, 1.54) is 31.7 Å². The molecule has 1 saturated carbocycles. The molecule has 0 atom stereocenters. The Hall–Kier alpha value is -2.57. The molecule has 0 aliphatic heterocycles. The lowest BCUT2D eigenvalue weighted by atomic mass is 10.1. The third-order valence-electron chi connectivity index (χ3n) is 4.51. The van der Waals surface area contributed by atoms with E-state index in [0.29, 0.717) is 6.04 Å². The number of carbonyl (C=O) groups is 1. The van der Waals surface area contributed by atoms with Gasteiger partial charge in [-0.05, 0) is 37.1 Å². The Morgan fingerprint density at radius 2 is 1.69 bits per heavy atom. The van der Waals surface area contributed by atoms with E-state index in [4.69, 9.17) is 0 Å². The molecule has 1 heterocycles. The summed E-state index contributed by atoms with van der Waals surface area (Å²) >= 11 is 0. The molecule has 1 aromatic heterocycles. The first-order valence-corrected chi connectivity index (χ1v) is 8.72. The number of nitrogens with zero attached hydrogens (tertiary/aromatic N) is 1. The van der Waals surface area contributed by atoms with Crippen LogP contribution in [0.15, 0.2) is 30.5 Å². The molecule has 138 valence electrons. The van der Waals surface area contributed by atoms with Crippen LogP contribution in [-0.2, 0) is 0 Å². The van der Waals surface area contributed by atoms with E-state index < -0.39 is 29.0 Å². The van der Waals surface area contributed by atoms with E-state index in [0.717, 1.165) is 30.7 Å². The average Bonchev–Trinajstić information content (AvgIpc) is 2.91. The summed E-state index contributed by atoms with van der Waals surface area (Å²) in [6.45, 7) is 0. The molecule has 0 bridgehead atoms. The minimum absolute atomic E-state index is 0.0561. The van der Waals surface area contributed by atoms with E-state index in [1.807, 2.05) is 0 Å². The highest BCUT2D eigenvalue weighted by Crippen LogP contribution is 2.22. The Morgan fingerprint density at radius 3 is 2.35 bits per heavy atom. The maximum Gasteiger partial charge on any atom is 0.274 e. The fraction of sp³-hybridized carbons (Fsp3) is 0.368. The molecule has 2 aromatic rings. The largest absolute Gasteiger partial charge is 0.381 e. The number of anilines is 2. The van der Waals surface area contributed by atoms with Crippen molar-refractivity contribution in [3.63, 3.8) is 0 Å². The average molecular weight is 363 g/mol. The van der Waals surface area contributed by atoms with Crippen molar-refractivity contribution in [3.05, 3.63) is 53.6 Å². The Kier molecular flexibility index (Phi) is 5.75. The summed E-state index contributed by atoms with van der Waals surface area (Å²) in [4.78, 5) is 16.2. The van der Waals surface area contributed by atoms with Gasteiger partial charge >= 0.3 is 0 Å². The van der Waals surface area contributed by atoms with Crippen molar-refractivity contribution >= 4 is 17.3 Å². The van der Waals surface area contributed by atoms with Gasteiger partial charge in [0.15, 0.2) is 17.5 Å². The normalized spacial score (nSPS) is 15.3. The van der Waals surface area contributed by atoms with Crippen LogP contribution < -0.4 is 10.6 Å². The minimum Gasteiger partial charge on any atom is -0.381 e. The van der Waals surface area contributed by atoms with Gasteiger partial charge in [-0.25, -0.2) is 18.2 Å². The number of pyridine rings is 1. The molecule has 0 saturated heterocycles. The lowest BCUT2D eigenvalue weighted by molar-refractivity contribution is 0.102. The summed E-state index contributed by atoms with van der Waals surface area (Å²) in [6.07, 6.45) is 8.68. The number of carbonyl (C=O) groups excluding carboxylic acids is 1. The molecule has 0 radical (unpaired) electrons. The summed E-state index contributed by atoms with van der Waals surface area (Å²) in [5.41, 5.74) is 0.435. The van der Waals surface area contributed by atoms with Crippen molar-refractivity contribution in [2.45, 2.75) is 44.6 Å². The van der Waals surface area contributed by atoms with Gasteiger partial charge in [-0.3, -0.25) is 4.79 Å². The van der Waals surface area contributed by atoms with Crippen LogP contribution >= 0.6 is 0 Å². The van der Waals surface area contributed by atoms with E-state index in [2.05, 4.69) is 15.6 Å². The number of benzene rings is 1. The third-order valence-corrected chi connectivity index (χ3v) is 4.51. The van der Waals surface area contributed by atoms with Crippen LogP contribution in [0.25, 0.3) is 0 Å². The van der Waals surface area contributed by atoms with E-state index in [9.17, 15) is 18.0 Å². The van der Waals surface area contributed by atoms with Crippen LogP contribution in [0.2, 0.25) is 0 Å². The molecule has 7 heteroatoms. The van der Waals surface area contributed by atoms with Gasteiger partial charge in [-0.2, -0.15) is 0 Å². The molecular weight excluding hydrogens is 343 g/mol. The van der Waals surface area contributed by atoms with Crippen LogP contribution in [0, 0.1) is 17.5 Å². The highest BCUT2D eigenvalue weighted by atomic mass is 19.2. The predicted octanol–water partition coefficient (Wildman–Crippen LogP) is 4.89. The molecule has 3 rings (SSSR count). The zero-order valence-electron chi connectivity index (χ0n) is 14.2. The number of aromatic nitrogens is 1. The summed E-state index contributed by atoms with van der Waals surface area (Å²) in [7, 11) is 0. The molecule has 26 heavy (non-hydrogen) atoms. The second-order valence-electron chi connectivity index (χ2n) is 6.44. The van der Waals surface area contributed by atoms with Crippen LogP contribution in [0.4, 0.5) is 24.5 Å². The van der Waals surface area contributed by atoms with Crippen molar-refractivity contribution < 1.29 is 18.0 Å². The van der Waals surface area contributed by atoms with Gasteiger partial charge in [-0.15, -0.1) is 0 Å². The van der Waals surface area contributed by atoms with Gasteiger partial charge in [0, 0.05) is 6.04 Å². The van der Waals surface area contributed by atoms with Crippen molar-refractivity contribution in [1.82, 2.24) is 4.98 Å². The minimum atomic E-state index is -1.63.